The predicted octanol–water partition coefficient (Wildman–Crippen LogP) is 5.04. The second-order valence-electron chi connectivity index (χ2n) is 7.19. The topological polar surface area (TPSA) is 68.2 Å². The van der Waals surface area contributed by atoms with Crippen LogP contribution < -0.4 is 5.73 Å². The van der Waals surface area contributed by atoms with Gasteiger partial charge in [-0.15, -0.1) is 11.3 Å². The van der Waals surface area contributed by atoms with Gasteiger partial charge in [-0.25, -0.2) is 0 Å². The molecule has 0 spiro atoms. The zero-order valence-electron chi connectivity index (χ0n) is 16.8. The molecule has 4 rings (SSSR count). The van der Waals surface area contributed by atoms with Crippen LogP contribution in [0, 0.1) is 6.92 Å². The molecule has 0 saturated carbocycles. The molecule has 29 heavy (non-hydrogen) atoms. The van der Waals surface area contributed by atoms with Gasteiger partial charge in [0.15, 0.2) is 0 Å². The van der Waals surface area contributed by atoms with Gasteiger partial charge in [0.1, 0.15) is 0 Å². The van der Waals surface area contributed by atoms with E-state index in [1.54, 1.807) is 11.3 Å². The van der Waals surface area contributed by atoms with Gasteiger partial charge in [-0.1, -0.05) is 31.2 Å². The van der Waals surface area contributed by atoms with Crippen LogP contribution in [0.25, 0.3) is 32.5 Å². The van der Waals surface area contributed by atoms with Crippen molar-refractivity contribution in [1.29, 1.82) is 0 Å². The monoisotopic (exact) mass is 404 g/mol. The zero-order chi connectivity index (χ0) is 20.7. The molecule has 4 nitrogen and oxygen atoms in total. The summed E-state index contributed by atoms with van der Waals surface area (Å²) in [7, 11) is 2.05. The molecule has 0 bridgehead atoms. The molecule has 4 aromatic rings. The number of benzene rings is 2. The van der Waals surface area contributed by atoms with Crippen LogP contribution in [0.2, 0.25) is 0 Å². The molecule has 2 heterocycles. The maximum Gasteiger partial charge on any atom is 0.249 e. The normalized spacial score (nSPS) is 11.3. The van der Waals surface area contributed by atoms with Crippen molar-refractivity contribution in [3.8, 4) is 21.6 Å². The summed E-state index contributed by atoms with van der Waals surface area (Å²) in [6, 6.07) is 16.1. The third kappa shape index (κ3) is 3.07. The van der Waals surface area contributed by atoms with Gasteiger partial charge in [-0.3, -0.25) is 4.79 Å². The Balaban J connectivity index is 2.11. The van der Waals surface area contributed by atoms with Gasteiger partial charge in [0.25, 0.3) is 0 Å². The summed E-state index contributed by atoms with van der Waals surface area (Å²) >= 11 is 1.58. The molecule has 0 aliphatic heterocycles. The maximum absolute atomic E-state index is 12.4. The molecule has 148 valence electrons. The molecule has 0 unspecified atom stereocenters. The Labute approximate surface area is 174 Å². The smallest absolute Gasteiger partial charge is 0.249 e. The van der Waals surface area contributed by atoms with Gasteiger partial charge in [0.2, 0.25) is 5.91 Å². The van der Waals surface area contributed by atoms with Crippen LogP contribution in [0.5, 0.6) is 0 Å². The van der Waals surface area contributed by atoms with Crippen molar-refractivity contribution in [2.24, 2.45) is 12.8 Å². The summed E-state index contributed by atoms with van der Waals surface area (Å²) in [5.74, 6) is -0.421. The lowest BCUT2D eigenvalue weighted by Gasteiger charge is -2.17. The summed E-state index contributed by atoms with van der Waals surface area (Å²) in [6.45, 7) is 4.22. The van der Waals surface area contributed by atoms with E-state index in [-0.39, 0.29) is 6.61 Å². The van der Waals surface area contributed by atoms with Crippen LogP contribution in [0.1, 0.15) is 33.4 Å². The first-order chi connectivity index (χ1) is 14.0. The van der Waals surface area contributed by atoms with Crippen LogP contribution in [0.15, 0.2) is 48.5 Å². The quantitative estimate of drug-likeness (QED) is 0.489. The number of aliphatic hydroxyl groups is 1. The Bertz CT molecular complexity index is 1230. The molecule has 2 aromatic heterocycles. The first-order valence-electron chi connectivity index (χ1n) is 9.67. The van der Waals surface area contributed by atoms with Crippen molar-refractivity contribution in [2.45, 2.75) is 26.9 Å². The average Bonchev–Trinajstić information content (AvgIpc) is 3.30. The number of fused-ring (bicyclic) bond motifs is 1. The summed E-state index contributed by atoms with van der Waals surface area (Å²) in [5.41, 5.74) is 12.8. The van der Waals surface area contributed by atoms with Crippen LogP contribution in [0.4, 0.5) is 0 Å². The minimum atomic E-state index is -0.421. The number of thiophene rings is 1. The molecule has 0 radical (unpaired) electrons. The van der Waals surface area contributed by atoms with Crippen molar-refractivity contribution in [1.82, 2.24) is 4.57 Å². The fourth-order valence-corrected chi connectivity index (χ4v) is 5.10. The number of hydrogen-bond donors (Lipinski definition) is 2. The lowest BCUT2D eigenvalue weighted by Crippen LogP contribution is -2.14. The van der Waals surface area contributed by atoms with Crippen molar-refractivity contribution >= 4 is 28.1 Å². The van der Waals surface area contributed by atoms with Crippen LogP contribution in [-0.4, -0.2) is 15.6 Å². The second-order valence-corrected chi connectivity index (χ2v) is 8.36. The lowest BCUT2D eigenvalue weighted by atomic mass is 9.87. The third-order valence-corrected chi connectivity index (χ3v) is 6.77. The number of carbonyl (C=O) groups is 1. The molecule has 0 saturated heterocycles. The maximum atomic E-state index is 12.4. The molecule has 0 aliphatic carbocycles. The molecule has 2 aromatic carbocycles. The number of amides is 1. The van der Waals surface area contributed by atoms with E-state index in [1.165, 1.54) is 0 Å². The van der Waals surface area contributed by atoms with E-state index < -0.39 is 5.91 Å². The highest BCUT2D eigenvalue weighted by molar-refractivity contribution is 7.15. The van der Waals surface area contributed by atoms with E-state index in [9.17, 15) is 9.90 Å². The van der Waals surface area contributed by atoms with Crippen LogP contribution in [-0.2, 0) is 20.1 Å². The highest BCUT2D eigenvalue weighted by Gasteiger charge is 2.23. The highest BCUT2D eigenvalue weighted by atomic mass is 32.1. The molecular weight excluding hydrogens is 380 g/mol. The van der Waals surface area contributed by atoms with E-state index in [0.29, 0.717) is 5.56 Å². The van der Waals surface area contributed by atoms with Crippen LogP contribution >= 0.6 is 11.3 Å². The second kappa shape index (κ2) is 7.50. The number of aliphatic hydroxyl groups excluding tert-OH is 1. The van der Waals surface area contributed by atoms with Gasteiger partial charge in [-0.2, -0.15) is 0 Å². The minimum absolute atomic E-state index is 0.0286. The highest BCUT2D eigenvalue weighted by Crippen LogP contribution is 2.42. The van der Waals surface area contributed by atoms with Crippen molar-refractivity contribution in [2.75, 3.05) is 0 Å². The average molecular weight is 405 g/mol. The molecular formula is C24H24N2O2S. The predicted molar refractivity (Wildman–Crippen MR) is 120 cm³/mol. The summed E-state index contributed by atoms with van der Waals surface area (Å²) in [6.07, 6.45) is 0.765. The standard InChI is InChI=1S/C24H24N2O2S/c1-4-16-17(21-12-9-15(13-27)29-21)10-11-19(24(25)28)23(16)22-14(2)26(3)20-8-6-5-7-18(20)22/h5-12,27H,4,13H2,1-3H3,(H2,25,28). The number of rotatable bonds is 5. The summed E-state index contributed by atoms with van der Waals surface area (Å²) in [5, 5.41) is 10.6. The molecule has 5 heteroatoms. The minimum Gasteiger partial charge on any atom is -0.391 e. The number of nitrogens with zero attached hydrogens (tertiary/aromatic N) is 1. The van der Waals surface area contributed by atoms with E-state index in [0.717, 1.165) is 55.0 Å². The van der Waals surface area contributed by atoms with E-state index in [2.05, 4.69) is 30.5 Å². The van der Waals surface area contributed by atoms with E-state index in [4.69, 9.17) is 5.73 Å². The number of aryl methyl sites for hydroxylation is 1. The van der Waals surface area contributed by atoms with E-state index >= 15 is 0 Å². The van der Waals surface area contributed by atoms with Gasteiger partial charge in [0.05, 0.1) is 6.61 Å². The van der Waals surface area contributed by atoms with Crippen LogP contribution in [0.3, 0.4) is 0 Å². The van der Waals surface area contributed by atoms with Gasteiger partial charge in [0, 0.05) is 50.1 Å². The largest absolute Gasteiger partial charge is 0.391 e. The molecule has 1 amide bonds. The number of carbonyl (C=O) groups excluding carboxylic acids is 1. The van der Waals surface area contributed by atoms with Crippen molar-refractivity contribution in [3.63, 3.8) is 0 Å². The molecule has 3 N–H and O–H groups in total. The van der Waals surface area contributed by atoms with Gasteiger partial charge >= 0.3 is 0 Å². The fourth-order valence-electron chi connectivity index (χ4n) is 4.18. The molecule has 0 atom stereocenters. The van der Waals surface area contributed by atoms with E-state index in [1.807, 2.05) is 43.4 Å². The van der Waals surface area contributed by atoms with Crippen molar-refractivity contribution in [3.05, 3.63) is 70.2 Å². The number of hydrogen-bond acceptors (Lipinski definition) is 3. The van der Waals surface area contributed by atoms with Gasteiger partial charge < -0.3 is 15.4 Å². The summed E-state index contributed by atoms with van der Waals surface area (Å²) in [4.78, 5) is 14.4. The molecule has 0 fully saturated rings. The Morgan fingerprint density at radius 2 is 1.86 bits per heavy atom. The lowest BCUT2D eigenvalue weighted by molar-refractivity contribution is 0.100. The third-order valence-electron chi connectivity index (χ3n) is 5.66. The van der Waals surface area contributed by atoms with Gasteiger partial charge in [-0.05, 0) is 48.7 Å². The molecule has 0 aliphatic rings. The SMILES string of the molecule is CCc1c(-c2ccc(CO)s2)ccc(C(N)=O)c1-c1c(C)n(C)c2ccccc12. The first kappa shape index (κ1) is 19.4. The Morgan fingerprint density at radius 3 is 2.52 bits per heavy atom. The van der Waals surface area contributed by atoms with Crippen molar-refractivity contribution < 1.29 is 9.90 Å². The number of nitrogens with two attached hydrogens (primary N) is 1. The number of aromatic nitrogens is 1. The Kier molecular flexibility index (Phi) is 5.03. The number of para-hydroxylation sites is 1. The number of primary amides is 1. The fraction of sp³-hybridized carbons (Fsp3) is 0.208. The first-order valence-corrected chi connectivity index (χ1v) is 10.5. The summed E-state index contributed by atoms with van der Waals surface area (Å²) < 4.78 is 2.16. The Hall–Kier alpha value is -2.89. The zero-order valence-corrected chi connectivity index (χ0v) is 17.6. The Morgan fingerprint density at radius 1 is 1.10 bits per heavy atom.